The zero-order chi connectivity index (χ0) is 17.7. The van der Waals surface area contributed by atoms with Crippen LogP contribution in [-0.2, 0) is 14.8 Å². The number of aryl methyl sites for hydroxylation is 1. The molecule has 1 saturated heterocycles. The van der Waals surface area contributed by atoms with Crippen molar-refractivity contribution in [1.82, 2.24) is 4.31 Å². The summed E-state index contributed by atoms with van der Waals surface area (Å²) in [5.41, 5.74) is 1.20. The number of sulfonamides is 1. The lowest BCUT2D eigenvalue weighted by Crippen LogP contribution is -2.36. The van der Waals surface area contributed by atoms with Gasteiger partial charge in [0.25, 0.3) is 0 Å². The lowest BCUT2D eigenvalue weighted by atomic mass is 9.99. The van der Waals surface area contributed by atoms with Crippen LogP contribution in [-0.4, -0.2) is 30.9 Å². The van der Waals surface area contributed by atoms with Crippen LogP contribution in [0.3, 0.4) is 0 Å². The summed E-state index contributed by atoms with van der Waals surface area (Å²) in [6, 6.07) is 15.8. The van der Waals surface area contributed by atoms with Crippen molar-refractivity contribution in [1.29, 1.82) is 0 Å². The van der Waals surface area contributed by atoms with Gasteiger partial charge in [-0.1, -0.05) is 48.0 Å². The van der Waals surface area contributed by atoms with Crippen LogP contribution in [0.2, 0.25) is 0 Å². The van der Waals surface area contributed by atoms with Crippen molar-refractivity contribution in [2.45, 2.75) is 29.8 Å². The molecule has 0 amide bonds. The van der Waals surface area contributed by atoms with E-state index in [1.165, 1.54) is 4.31 Å². The van der Waals surface area contributed by atoms with Crippen LogP contribution in [0.5, 0.6) is 0 Å². The Morgan fingerprint density at radius 2 is 1.80 bits per heavy atom. The van der Waals surface area contributed by atoms with Gasteiger partial charge in [0.15, 0.2) is 0 Å². The SMILES string of the molecule is Cc1ccc(S(=O)(=O)N2CC3C[C@@]3(N=C=O)[C@@H]2c2ccccc2)cc1. The molecule has 0 radical (unpaired) electrons. The number of hydrogen-bond acceptors (Lipinski definition) is 4. The number of piperidine rings is 1. The molecule has 2 fully saturated rings. The third kappa shape index (κ3) is 2.45. The van der Waals surface area contributed by atoms with Gasteiger partial charge < -0.3 is 0 Å². The summed E-state index contributed by atoms with van der Waals surface area (Å²) < 4.78 is 28.0. The first-order valence-corrected chi connectivity index (χ1v) is 9.65. The summed E-state index contributed by atoms with van der Waals surface area (Å²) in [4.78, 5) is 15.3. The molecular weight excluding hydrogens is 336 g/mol. The Hall–Kier alpha value is -2.27. The molecule has 1 unspecified atom stereocenters. The molecule has 0 spiro atoms. The lowest BCUT2D eigenvalue weighted by Gasteiger charge is -2.29. The lowest BCUT2D eigenvalue weighted by molar-refractivity contribution is 0.333. The average Bonchev–Trinajstić information content (AvgIpc) is 3.20. The normalized spacial score (nSPS) is 28.2. The predicted molar refractivity (Wildman–Crippen MR) is 93.2 cm³/mol. The Kier molecular flexibility index (Phi) is 3.65. The van der Waals surface area contributed by atoms with E-state index in [4.69, 9.17) is 0 Å². The van der Waals surface area contributed by atoms with Gasteiger partial charge in [-0.2, -0.15) is 9.30 Å². The van der Waals surface area contributed by atoms with Gasteiger partial charge in [-0.25, -0.2) is 13.2 Å². The minimum absolute atomic E-state index is 0.0689. The highest BCUT2D eigenvalue weighted by atomic mass is 32.2. The van der Waals surface area contributed by atoms with E-state index in [0.29, 0.717) is 6.54 Å². The maximum atomic E-state index is 13.2. The topological polar surface area (TPSA) is 66.8 Å². The number of nitrogens with zero attached hydrogens (tertiary/aromatic N) is 2. The summed E-state index contributed by atoms with van der Waals surface area (Å²) in [5, 5.41) is 0. The van der Waals surface area contributed by atoms with E-state index in [1.807, 2.05) is 37.3 Å². The molecule has 1 heterocycles. The van der Waals surface area contributed by atoms with Gasteiger partial charge in [0.05, 0.1) is 16.5 Å². The van der Waals surface area contributed by atoms with Crippen LogP contribution in [0.15, 0.2) is 64.5 Å². The Morgan fingerprint density at radius 3 is 2.44 bits per heavy atom. The quantitative estimate of drug-likeness (QED) is 0.626. The summed E-state index contributed by atoms with van der Waals surface area (Å²) in [6.07, 6.45) is 2.39. The summed E-state index contributed by atoms with van der Waals surface area (Å²) in [7, 11) is -3.67. The van der Waals surface area contributed by atoms with Crippen molar-refractivity contribution in [3.8, 4) is 0 Å². The number of isocyanates is 1. The minimum atomic E-state index is -3.67. The highest BCUT2D eigenvalue weighted by Crippen LogP contribution is 2.63. The van der Waals surface area contributed by atoms with Crippen LogP contribution in [0.4, 0.5) is 0 Å². The monoisotopic (exact) mass is 354 g/mol. The van der Waals surface area contributed by atoms with Gasteiger partial charge in [-0.15, -0.1) is 0 Å². The Bertz CT molecular complexity index is 950. The molecule has 0 aromatic heterocycles. The fourth-order valence-electron chi connectivity index (χ4n) is 3.92. The number of aliphatic imine (C=N–C) groups is 1. The van der Waals surface area contributed by atoms with Crippen LogP contribution >= 0.6 is 0 Å². The number of hydrogen-bond donors (Lipinski definition) is 0. The maximum absolute atomic E-state index is 13.2. The minimum Gasteiger partial charge on any atom is -0.211 e. The van der Waals surface area contributed by atoms with Crippen molar-refractivity contribution in [3.63, 3.8) is 0 Å². The molecule has 1 saturated carbocycles. The van der Waals surface area contributed by atoms with Crippen molar-refractivity contribution in [2.24, 2.45) is 10.9 Å². The van der Waals surface area contributed by atoms with Crippen molar-refractivity contribution in [2.75, 3.05) is 6.54 Å². The van der Waals surface area contributed by atoms with Gasteiger partial charge >= 0.3 is 0 Å². The smallest absolute Gasteiger partial charge is 0.211 e. The first kappa shape index (κ1) is 16.2. The molecule has 2 aromatic carbocycles. The second-order valence-electron chi connectivity index (χ2n) is 6.80. The molecule has 0 N–H and O–H groups in total. The third-order valence-corrected chi connectivity index (χ3v) is 7.12. The molecule has 4 rings (SSSR count). The molecule has 2 aromatic rings. The van der Waals surface area contributed by atoms with Crippen LogP contribution in [0, 0.1) is 12.8 Å². The Morgan fingerprint density at radius 1 is 1.12 bits per heavy atom. The fourth-order valence-corrected chi connectivity index (χ4v) is 5.63. The van der Waals surface area contributed by atoms with Crippen molar-refractivity contribution < 1.29 is 13.2 Å². The second kappa shape index (κ2) is 5.63. The molecule has 1 aliphatic heterocycles. The van der Waals surface area contributed by atoms with E-state index >= 15 is 0 Å². The zero-order valence-electron chi connectivity index (χ0n) is 13.8. The van der Waals surface area contributed by atoms with Gasteiger partial charge in [0, 0.05) is 12.5 Å². The summed E-state index contributed by atoms with van der Waals surface area (Å²) in [6.45, 7) is 2.29. The van der Waals surface area contributed by atoms with E-state index < -0.39 is 21.6 Å². The highest BCUT2D eigenvalue weighted by molar-refractivity contribution is 7.89. The van der Waals surface area contributed by atoms with Gasteiger partial charge in [0.1, 0.15) is 0 Å². The maximum Gasteiger partial charge on any atom is 0.243 e. The predicted octanol–water partition coefficient (Wildman–Crippen LogP) is 2.84. The number of rotatable bonds is 4. The van der Waals surface area contributed by atoms with Crippen LogP contribution in [0.25, 0.3) is 0 Å². The van der Waals surface area contributed by atoms with Gasteiger partial charge in [-0.05, 0) is 31.0 Å². The number of benzene rings is 2. The fraction of sp³-hybridized carbons (Fsp3) is 0.316. The molecular formula is C19H18N2O3S. The molecule has 2 aliphatic rings. The molecule has 5 nitrogen and oxygen atoms in total. The summed E-state index contributed by atoms with van der Waals surface area (Å²) in [5.74, 6) is 0.0689. The van der Waals surface area contributed by atoms with Crippen molar-refractivity contribution in [3.05, 3.63) is 65.7 Å². The molecule has 25 heavy (non-hydrogen) atoms. The van der Waals surface area contributed by atoms with E-state index in [2.05, 4.69) is 4.99 Å². The van der Waals surface area contributed by atoms with Crippen molar-refractivity contribution >= 4 is 16.1 Å². The standard InChI is InChI=1S/C19H18N2O3S/c1-14-7-9-17(10-8-14)25(23,24)21-12-16-11-19(16,20-13-22)18(21)15-5-3-2-4-6-15/h2-10,16,18H,11-12H2,1H3/t16?,18-,19-/m0/s1. The Balaban J connectivity index is 1.81. The average molecular weight is 354 g/mol. The van der Waals surface area contributed by atoms with E-state index in [1.54, 1.807) is 30.3 Å². The zero-order valence-corrected chi connectivity index (χ0v) is 14.6. The molecule has 1 aliphatic carbocycles. The number of carbonyl (C=O) groups excluding carboxylic acids is 1. The Labute approximate surface area is 147 Å². The molecule has 0 bridgehead atoms. The highest BCUT2D eigenvalue weighted by Gasteiger charge is 2.69. The van der Waals surface area contributed by atoms with Crippen LogP contribution < -0.4 is 0 Å². The third-order valence-electron chi connectivity index (χ3n) is 5.28. The van der Waals surface area contributed by atoms with Gasteiger partial charge in [0.2, 0.25) is 16.1 Å². The van der Waals surface area contributed by atoms with E-state index in [0.717, 1.165) is 17.5 Å². The second-order valence-corrected chi connectivity index (χ2v) is 8.69. The molecule has 128 valence electrons. The number of fused-ring (bicyclic) bond motifs is 1. The van der Waals surface area contributed by atoms with E-state index in [-0.39, 0.29) is 10.8 Å². The first-order chi connectivity index (χ1) is 12.0. The van der Waals surface area contributed by atoms with Gasteiger partial charge in [-0.3, -0.25) is 0 Å². The van der Waals surface area contributed by atoms with Crippen LogP contribution in [0.1, 0.15) is 23.6 Å². The summed E-state index contributed by atoms with van der Waals surface area (Å²) >= 11 is 0. The molecule has 6 heteroatoms. The largest absolute Gasteiger partial charge is 0.243 e. The first-order valence-electron chi connectivity index (χ1n) is 8.21. The molecule has 3 atom stereocenters. The van der Waals surface area contributed by atoms with E-state index in [9.17, 15) is 13.2 Å².